The molecule has 0 saturated carbocycles. The van der Waals surface area contributed by atoms with Crippen LogP contribution in [0.5, 0.6) is 0 Å². The standard InChI is InChI=1S/C16H19F3N2O2/c17-16(18,19)13-5-1-3-11(9-13)15(23)12-4-2-7-21(10-12)8-6-14(20)22/h1,3,5,9,12H,2,4,6-8,10H2,(H2,20,22)/t12-/m1/s1. The molecule has 1 aliphatic heterocycles. The summed E-state index contributed by atoms with van der Waals surface area (Å²) in [6.45, 7) is 1.68. The van der Waals surface area contributed by atoms with Gasteiger partial charge in [-0.25, -0.2) is 0 Å². The van der Waals surface area contributed by atoms with Gasteiger partial charge < -0.3 is 10.6 Å². The molecule has 126 valence electrons. The van der Waals surface area contributed by atoms with E-state index in [1.54, 1.807) is 0 Å². The molecular formula is C16H19F3N2O2. The molecule has 2 N–H and O–H groups in total. The van der Waals surface area contributed by atoms with Crippen molar-refractivity contribution < 1.29 is 22.8 Å². The van der Waals surface area contributed by atoms with Crippen molar-refractivity contribution in [2.24, 2.45) is 11.7 Å². The number of nitrogens with two attached hydrogens (primary N) is 1. The zero-order valence-electron chi connectivity index (χ0n) is 12.6. The van der Waals surface area contributed by atoms with Crippen LogP contribution >= 0.6 is 0 Å². The van der Waals surface area contributed by atoms with Gasteiger partial charge in [-0.05, 0) is 31.5 Å². The average molecular weight is 328 g/mol. The number of carbonyl (C=O) groups is 2. The van der Waals surface area contributed by atoms with E-state index in [9.17, 15) is 22.8 Å². The second kappa shape index (κ2) is 7.12. The minimum Gasteiger partial charge on any atom is -0.370 e. The number of halogens is 3. The Morgan fingerprint density at radius 1 is 1.30 bits per heavy atom. The van der Waals surface area contributed by atoms with Gasteiger partial charge in [0.25, 0.3) is 0 Å². The van der Waals surface area contributed by atoms with Crippen LogP contribution in [0.4, 0.5) is 13.2 Å². The van der Waals surface area contributed by atoms with Crippen LogP contribution in [-0.4, -0.2) is 36.2 Å². The first-order valence-electron chi connectivity index (χ1n) is 7.49. The molecule has 1 heterocycles. The van der Waals surface area contributed by atoms with Gasteiger partial charge in [-0.1, -0.05) is 12.1 Å². The van der Waals surface area contributed by atoms with E-state index in [-0.39, 0.29) is 23.7 Å². The lowest BCUT2D eigenvalue weighted by molar-refractivity contribution is -0.137. The Morgan fingerprint density at radius 2 is 2.04 bits per heavy atom. The summed E-state index contributed by atoms with van der Waals surface area (Å²) in [4.78, 5) is 25.3. The molecule has 0 aromatic heterocycles. The van der Waals surface area contributed by atoms with Crippen LogP contribution in [0.2, 0.25) is 0 Å². The molecule has 2 rings (SSSR count). The van der Waals surface area contributed by atoms with E-state index in [1.165, 1.54) is 12.1 Å². The van der Waals surface area contributed by atoms with Gasteiger partial charge in [-0.3, -0.25) is 9.59 Å². The van der Waals surface area contributed by atoms with Crippen LogP contribution < -0.4 is 5.73 Å². The van der Waals surface area contributed by atoms with E-state index in [0.717, 1.165) is 25.1 Å². The van der Waals surface area contributed by atoms with Gasteiger partial charge in [-0.15, -0.1) is 0 Å². The number of primary amides is 1. The highest BCUT2D eigenvalue weighted by atomic mass is 19.4. The van der Waals surface area contributed by atoms with Gasteiger partial charge in [0.05, 0.1) is 5.56 Å². The molecule has 23 heavy (non-hydrogen) atoms. The maximum absolute atomic E-state index is 12.7. The van der Waals surface area contributed by atoms with Crippen molar-refractivity contribution in [3.05, 3.63) is 35.4 Å². The molecule has 1 amide bonds. The normalized spacial score (nSPS) is 19.5. The first-order chi connectivity index (χ1) is 10.8. The molecule has 0 bridgehead atoms. The molecule has 1 aromatic carbocycles. The summed E-state index contributed by atoms with van der Waals surface area (Å²) in [5.74, 6) is -1.03. The number of rotatable bonds is 5. The Bertz CT molecular complexity index is 587. The summed E-state index contributed by atoms with van der Waals surface area (Å²) in [6, 6.07) is 4.53. The number of hydrogen-bond acceptors (Lipinski definition) is 3. The van der Waals surface area contributed by atoms with Crippen molar-refractivity contribution in [3.8, 4) is 0 Å². The number of alkyl halides is 3. The van der Waals surface area contributed by atoms with E-state index in [2.05, 4.69) is 0 Å². The number of benzene rings is 1. The van der Waals surface area contributed by atoms with Gasteiger partial charge in [0.1, 0.15) is 0 Å². The summed E-state index contributed by atoms with van der Waals surface area (Å²) in [5, 5.41) is 0. The van der Waals surface area contributed by atoms with Crippen LogP contribution in [0, 0.1) is 5.92 Å². The topological polar surface area (TPSA) is 63.4 Å². The van der Waals surface area contributed by atoms with E-state index < -0.39 is 17.6 Å². The second-order valence-electron chi connectivity index (χ2n) is 5.80. The third-order valence-electron chi connectivity index (χ3n) is 4.03. The molecule has 1 aromatic rings. The maximum Gasteiger partial charge on any atom is 0.416 e. The molecule has 0 aliphatic carbocycles. The Hall–Kier alpha value is -1.89. The highest BCUT2D eigenvalue weighted by molar-refractivity contribution is 5.98. The number of likely N-dealkylation sites (tertiary alicyclic amines) is 1. The van der Waals surface area contributed by atoms with Crippen molar-refractivity contribution in [3.63, 3.8) is 0 Å². The predicted molar refractivity (Wildman–Crippen MR) is 78.7 cm³/mol. The average Bonchev–Trinajstić information content (AvgIpc) is 2.52. The SMILES string of the molecule is NC(=O)CCN1CCC[C@@H](C(=O)c2cccc(C(F)(F)F)c2)C1. The van der Waals surface area contributed by atoms with Crippen molar-refractivity contribution >= 4 is 11.7 Å². The number of piperidine rings is 1. The second-order valence-corrected chi connectivity index (χ2v) is 5.80. The van der Waals surface area contributed by atoms with E-state index in [1.807, 2.05) is 4.90 Å². The van der Waals surface area contributed by atoms with Crippen LogP contribution in [0.3, 0.4) is 0 Å². The highest BCUT2D eigenvalue weighted by Gasteiger charge is 2.32. The summed E-state index contributed by atoms with van der Waals surface area (Å²) >= 11 is 0. The summed E-state index contributed by atoms with van der Waals surface area (Å²) in [7, 11) is 0. The first-order valence-corrected chi connectivity index (χ1v) is 7.49. The zero-order chi connectivity index (χ0) is 17.0. The monoisotopic (exact) mass is 328 g/mol. The number of ketones is 1. The largest absolute Gasteiger partial charge is 0.416 e. The van der Waals surface area contributed by atoms with Crippen LogP contribution in [0.15, 0.2) is 24.3 Å². The number of amides is 1. The molecule has 1 atom stereocenters. The fourth-order valence-corrected chi connectivity index (χ4v) is 2.83. The predicted octanol–water partition coefficient (Wildman–Crippen LogP) is 2.48. The summed E-state index contributed by atoms with van der Waals surface area (Å²) in [6.07, 6.45) is -2.84. The first kappa shape index (κ1) is 17.5. The van der Waals surface area contributed by atoms with Gasteiger partial charge in [-0.2, -0.15) is 13.2 Å². The Balaban J connectivity index is 2.06. The molecule has 1 saturated heterocycles. The molecule has 0 unspecified atom stereocenters. The lowest BCUT2D eigenvalue weighted by atomic mass is 9.89. The summed E-state index contributed by atoms with van der Waals surface area (Å²) < 4.78 is 38.2. The van der Waals surface area contributed by atoms with Gasteiger partial charge >= 0.3 is 6.18 Å². The molecule has 7 heteroatoms. The lowest BCUT2D eigenvalue weighted by Crippen LogP contribution is -2.40. The number of hydrogen-bond donors (Lipinski definition) is 1. The number of nitrogens with zero attached hydrogens (tertiary/aromatic N) is 1. The van der Waals surface area contributed by atoms with Crippen molar-refractivity contribution in [2.75, 3.05) is 19.6 Å². The third kappa shape index (κ3) is 4.79. The van der Waals surface area contributed by atoms with Crippen LogP contribution in [0.1, 0.15) is 35.2 Å². The van der Waals surface area contributed by atoms with E-state index >= 15 is 0 Å². The molecule has 0 radical (unpaired) electrons. The zero-order valence-corrected chi connectivity index (χ0v) is 12.6. The van der Waals surface area contributed by atoms with Crippen molar-refractivity contribution in [2.45, 2.75) is 25.4 Å². The minimum absolute atomic E-state index is 0.0848. The van der Waals surface area contributed by atoms with Gasteiger partial charge in [0, 0.05) is 31.0 Å². The molecule has 1 aliphatic rings. The highest BCUT2D eigenvalue weighted by Crippen LogP contribution is 2.30. The summed E-state index contributed by atoms with van der Waals surface area (Å²) in [5.41, 5.74) is 4.38. The van der Waals surface area contributed by atoms with E-state index in [4.69, 9.17) is 5.73 Å². The van der Waals surface area contributed by atoms with Crippen LogP contribution in [-0.2, 0) is 11.0 Å². The Labute approximate surface area is 132 Å². The van der Waals surface area contributed by atoms with Gasteiger partial charge in [0.15, 0.2) is 5.78 Å². The van der Waals surface area contributed by atoms with Crippen molar-refractivity contribution in [1.29, 1.82) is 0 Å². The molecule has 1 fully saturated rings. The maximum atomic E-state index is 12.7. The molecular weight excluding hydrogens is 309 g/mol. The fourth-order valence-electron chi connectivity index (χ4n) is 2.83. The van der Waals surface area contributed by atoms with E-state index in [0.29, 0.717) is 19.5 Å². The Kier molecular flexibility index (Phi) is 5.41. The van der Waals surface area contributed by atoms with Crippen molar-refractivity contribution in [1.82, 2.24) is 4.90 Å². The smallest absolute Gasteiger partial charge is 0.370 e. The molecule has 4 nitrogen and oxygen atoms in total. The van der Waals surface area contributed by atoms with Crippen LogP contribution in [0.25, 0.3) is 0 Å². The van der Waals surface area contributed by atoms with Gasteiger partial charge in [0.2, 0.25) is 5.91 Å². The fraction of sp³-hybridized carbons (Fsp3) is 0.500. The third-order valence-corrected chi connectivity index (χ3v) is 4.03. The Morgan fingerprint density at radius 3 is 2.70 bits per heavy atom. The number of Topliss-reactive ketones (excluding diaryl/α,β-unsaturated/α-hetero) is 1. The molecule has 0 spiro atoms. The number of carbonyl (C=O) groups excluding carboxylic acids is 2. The minimum atomic E-state index is -4.46. The quantitative estimate of drug-likeness (QED) is 0.845. The lowest BCUT2D eigenvalue weighted by Gasteiger charge is -2.31.